The van der Waals surface area contributed by atoms with Gasteiger partial charge in [-0.3, -0.25) is 4.79 Å². The second kappa shape index (κ2) is 8.18. The molecule has 1 heterocycles. The number of nitrogens with zero attached hydrogens (tertiary/aromatic N) is 2. The fourth-order valence-corrected chi connectivity index (χ4v) is 2.39. The van der Waals surface area contributed by atoms with Gasteiger partial charge in [-0.25, -0.2) is 9.78 Å². The van der Waals surface area contributed by atoms with Crippen molar-refractivity contribution in [1.29, 1.82) is 0 Å². The molecule has 2 rings (SSSR count). The molecule has 1 aromatic heterocycles. The van der Waals surface area contributed by atoms with Crippen LogP contribution < -0.4 is 15.4 Å². The Labute approximate surface area is 145 Å². The number of ether oxygens (including phenoxy) is 1. The Kier molecular flexibility index (Phi) is 5.99. The molecule has 0 saturated heterocycles. The number of amides is 2. The molecule has 1 aromatic carbocycles. The summed E-state index contributed by atoms with van der Waals surface area (Å²) in [5.41, 5.74) is 0.620. The molecule has 8 nitrogen and oxygen atoms in total. The van der Waals surface area contributed by atoms with Gasteiger partial charge in [-0.15, -0.1) is 0 Å². The van der Waals surface area contributed by atoms with Gasteiger partial charge < -0.3 is 25.0 Å². The number of anilines is 1. The molecule has 134 valence electrons. The van der Waals surface area contributed by atoms with Crippen LogP contribution in [0, 0.1) is 5.92 Å². The van der Waals surface area contributed by atoms with Crippen molar-refractivity contribution in [3.8, 4) is 5.75 Å². The number of urea groups is 1. The van der Waals surface area contributed by atoms with Crippen LogP contribution in [0.5, 0.6) is 5.75 Å². The third-order valence-electron chi connectivity index (χ3n) is 3.63. The third kappa shape index (κ3) is 4.97. The van der Waals surface area contributed by atoms with Crippen LogP contribution >= 0.6 is 0 Å². The van der Waals surface area contributed by atoms with Crippen molar-refractivity contribution < 1.29 is 19.4 Å². The van der Waals surface area contributed by atoms with Gasteiger partial charge in [0.2, 0.25) is 0 Å². The molecule has 0 saturated carbocycles. The van der Waals surface area contributed by atoms with Crippen LogP contribution in [0.15, 0.2) is 36.7 Å². The number of rotatable bonds is 7. The summed E-state index contributed by atoms with van der Waals surface area (Å²) in [4.78, 5) is 27.5. The number of aliphatic carboxylic acids is 1. The largest absolute Gasteiger partial charge is 0.497 e. The molecular weight excluding hydrogens is 324 g/mol. The molecule has 3 N–H and O–H groups in total. The van der Waals surface area contributed by atoms with Crippen LogP contribution in [0.3, 0.4) is 0 Å². The van der Waals surface area contributed by atoms with E-state index in [1.807, 2.05) is 13.8 Å². The van der Waals surface area contributed by atoms with Crippen LogP contribution in [0.1, 0.15) is 25.7 Å². The van der Waals surface area contributed by atoms with E-state index in [0.29, 0.717) is 17.3 Å². The van der Waals surface area contributed by atoms with E-state index >= 15 is 0 Å². The summed E-state index contributed by atoms with van der Waals surface area (Å²) < 4.78 is 6.59. The summed E-state index contributed by atoms with van der Waals surface area (Å²) in [6, 6.07) is 6.13. The number of carboxylic acid groups (broad SMARTS) is 1. The first-order chi connectivity index (χ1) is 11.9. The number of methoxy groups -OCH3 is 1. The molecule has 8 heteroatoms. The first kappa shape index (κ1) is 18.3. The van der Waals surface area contributed by atoms with Crippen molar-refractivity contribution in [3.05, 3.63) is 42.5 Å². The molecule has 0 radical (unpaired) electrons. The Morgan fingerprint density at radius 2 is 1.96 bits per heavy atom. The van der Waals surface area contributed by atoms with E-state index in [1.165, 1.54) is 10.8 Å². The van der Waals surface area contributed by atoms with Gasteiger partial charge in [0.05, 0.1) is 13.2 Å². The van der Waals surface area contributed by atoms with Crippen LogP contribution in [0.4, 0.5) is 10.5 Å². The number of hydrogen-bond donors (Lipinski definition) is 3. The van der Waals surface area contributed by atoms with E-state index in [9.17, 15) is 9.59 Å². The zero-order valence-electron chi connectivity index (χ0n) is 14.4. The lowest BCUT2D eigenvalue weighted by Gasteiger charge is -2.23. The highest BCUT2D eigenvalue weighted by Gasteiger charge is 2.23. The molecule has 2 amide bonds. The average molecular weight is 346 g/mol. The number of nitrogens with one attached hydrogen (secondary N) is 2. The van der Waals surface area contributed by atoms with Crippen molar-refractivity contribution >= 4 is 17.7 Å². The van der Waals surface area contributed by atoms with Gasteiger partial charge in [0.25, 0.3) is 0 Å². The summed E-state index contributed by atoms with van der Waals surface area (Å²) in [6.07, 6.45) is 3.11. The van der Waals surface area contributed by atoms with E-state index in [-0.39, 0.29) is 12.5 Å². The minimum absolute atomic E-state index is 0.0246. The van der Waals surface area contributed by atoms with Crippen LogP contribution in [-0.4, -0.2) is 33.8 Å². The van der Waals surface area contributed by atoms with Crippen molar-refractivity contribution in [2.75, 3.05) is 12.4 Å². The lowest BCUT2D eigenvalue weighted by Crippen LogP contribution is -2.37. The monoisotopic (exact) mass is 346 g/mol. The highest BCUT2D eigenvalue weighted by Crippen LogP contribution is 2.21. The fraction of sp³-hybridized carbons (Fsp3) is 0.353. The van der Waals surface area contributed by atoms with E-state index in [4.69, 9.17) is 9.84 Å². The summed E-state index contributed by atoms with van der Waals surface area (Å²) in [5, 5.41) is 14.6. The summed E-state index contributed by atoms with van der Waals surface area (Å²) >= 11 is 0. The summed E-state index contributed by atoms with van der Waals surface area (Å²) in [6.45, 7) is 3.65. The van der Waals surface area contributed by atoms with Crippen LogP contribution in [0.2, 0.25) is 0 Å². The number of benzene rings is 1. The molecule has 0 aliphatic carbocycles. The Morgan fingerprint density at radius 3 is 2.52 bits per heavy atom. The normalized spacial score (nSPS) is 11.8. The highest BCUT2D eigenvalue weighted by atomic mass is 16.5. The van der Waals surface area contributed by atoms with E-state index in [2.05, 4.69) is 15.6 Å². The smallest absolute Gasteiger partial charge is 0.323 e. The molecule has 0 aliphatic rings. The number of carboxylic acids is 1. The average Bonchev–Trinajstić information content (AvgIpc) is 3.00. The second-order valence-electron chi connectivity index (χ2n) is 5.86. The second-order valence-corrected chi connectivity index (χ2v) is 5.86. The van der Waals surface area contributed by atoms with Crippen molar-refractivity contribution in [2.45, 2.75) is 26.4 Å². The summed E-state index contributed by atoms with van der Waals surface area (Å²) in [7, 11) is 1.57. The number of carbonyl (C=O) groups excluding carboxylic acids is 1. The predicted octanol–water partition coefficient (Wildman–Crippen LogP) is 2.50. The number of hydrogen-bond acceptors (Lipinski definition) is 4. The van der Waals surface area contributed by atoms with Gasteiger partial charge in [0, 0.05) is 18.1 Å². The van der Waals surface area contributed by atoms with Crippen molar-refractivity contribution in [2.24, 2.45) is 5.92 Å². The zero-order chi connectivity index (χ0) is 18.4. The molecule has 1 atom stereocenters. The molecule has 1 unspecified atom stereocenters. The molecular formula is C17H22N4O4. The van der Waals surface area contributed by atoms with Gasteiger partial charge >= 0.3 is 12.0 Å². The SMILES string of the molecule is COc1ccc(NC(=O)NC(c2nccn2CC(=O)O)C(C)C)cc1. The topological polar surface area (TPSA) is 105 Å². The van der Waals surface area contributed by atoms with Gasteiger partial charge in [-0.2, -0.15) is 0 Å². The summed E-state index contributed by atoms with van der Waals surface area (Å²) in [5.74, 6) is 0.255. The van der Waals surface area contributed by atoms with Gasteiger partial charge in [-0.05, 0) is 30.2 Å². The maximum Gasteiger partial charge on any atom is 0.323 e. The Hall–Kier alpha value is -3.03. The van der Waals surface area contributed by atoms with E-state index in [1.54, 1.807) is 37.6 Å². The first-order valence-corrected chi connectivity index (χ1v) is 7.85. The third-order valence-corrected chi connectivity index (χ3v) is 3.63. The van der Waals surface area contributed by atoms with Crippen LogP contribution in [-0.2, 0) is 11.3 Å². The lowest BCUT2D eigenvalue weighted by molar-refractivity contribution is -0.137. The Balaban J connectivity index is 2.09. The minimum Gasteiger partial charge on any atom is -0.497 e. The maximum absolute atomic E-state index is 12.3. The van der Waals surface area contributed by atoms with Crippen LogP contribution in [0.25, 0.3) is 0 Å². The molecule has 0 spiro atoms. The van der Waals surface area contributed by atoms with Crippen molar-refractivity contribution in [3.63, 3.8) is 0 Å². The van der Waals surface area contributed by atoms with Gasteiger partial charge in [0.1, 0.15) is 18.1 Å². The molecule has 25 heavy (non-hydrogen) atoms. The maximum atomic E-state index is 12.3. The number of carbonyl (C=O) groups is 2. The van der Waals surface area contributed by atoms with Gasteiger partial charge in [0.15, 0.2) is 0 Å². The quantitative estimate of drug-likeness (QED) is 0.714. The fourth-order valence-electron chi connectivity index (χ4n) is 2.39. The van der Waals surface area contributed by atoms with Gasteiger partial charge in [-0.1, -0.05) is 13.8 Å². The minimum atomic E-state index is -0.968. The molecule has 0 fully saturated rings. The van der Waals surface area contributed by atoms with Crippen molar-refractivity contribution in [1.82, 2.24) is 14.9 Å². The molecule has 0 aliphatic heterocycles. The predicted molar refractivity (Wildman–Crippen MR) is 92.6 cm³/mol. The number of aromatic nitrogens is 2. The molecule has 0 bridgehead atoms. The highest BCUT2D eigenvalue weighted by molar-refractivity contribution is 5.89. The standard InChI is InChI=1S/C17H22N4O4/c1-11(2)15(16-18-8-9-21(16)10-14(22)23)20-17(24)19-12-4-6-13(25-3)7-5-12/h4-9,11,15H,10H2,1-3H3,(H,22,23)(H2,19,20,24). The zero-order valence-corrected chi connectivity index (χ0v) is 14.4. The van der Waals surface area contributed by atoms with E-state index in [0.717, 1.165) is 0 Å². The Morgan fingerprint density at radius 1 is 1.28 bits per heavy atom. The molecule has 2 aromatic rings. The van der Waals surface area contributed by atoms with E-state index < -0.39 is 18.0 Å². The lowest BCUT2D eigenvalue weighted by atomic mass is 10.0. The number of imidazole rings is 1. The first-order valence-electron chi connectivity index (χ1n) is 7.85. The Bertz CT molecular complexity index is 725.